The van der Waals surface area contributed by atoms with Crippen molar-refractivity contribution in [3.8, 4) is 45.2 Å². The molecule has 3 heterocycles. The second-order valence-corrected chi connectivity index (χ2v) is 8.82. The molecule has 3 nitrogen and oxygen atoms in total. The van der Waals surface area contributed by atoms with Gasteiger partial charge < -0.3 is 4.42 Å². The van der Waals surface area contributed by atoms with Crippen molar-refractivity contribution in [1.82, 2.24) is 9.38 Å². The van der Waals surface area contributed by atoms with Gasteiger partial charge in [0.2, 0.25) is 0 Å². The van der Waals surface area contributed by atoms with E-state index >= 15 is 0 Å². The summed E-state index contributed by atoms with van der Waals surface area (Å²) in [6, 6.07) is 43.8. The molecule has 4 aromatic carbocycles. The molecule has 0 fully saturated rings. The topological polar surface area (TPSA) is 30.4 Å². The molecule has 0 saturated carbocycles. The number of hydrogen-bond acceptors (Lipinski definition) is 2. The van der Waals surface area contributed by atoms with Crippen LogP contribution >= 0.6 is 0 Å². The molecule has 0 bridgehead atoms. The number of rotatable bonds is 4. The van der Waals surface area contributed by atoms with Crippen molar-refractivity contribution in [2.75, 3.05) is 0 Å². The lowest BCUT2D eigenvalue weighted by Crippen LogP contribution is -1.88. The van der Waals surface area contributed by atoms with Gasteiger partial charge in [0.1, 0.15) is 17.1 Å². The van der Waals surface area contributed by atoms with Crippen molar-refractivity contribution in [3.63, 3.8) is 0 Å². The zero-order valence-electron chi connectivity index (χ0n) is 19.5. The molecule has 3 aromatic heterocycles. The summed E-state index contributed by atoms with van der Waals surface area (Å²) in [7, 11) is 0. The molecular formula is C33H22N2O. The molecule has 0 radical (unpaired) electrons. The van der Waals surface area contributed by atoms with Crippen LogP contribution in [0.4, 0.5) is 0 Å². The molecule has 0 amide bonds. The highest BCUT2D eigenvalue weighted by molar-refractivity contribution is 6.05. The van der Waals surface area contributed by atoms with Crippen LogP contribution in [-0.2, 0) is 0 Å². The minimum atomic E-state index is 0.783. The first kappa shape index (κ1) is 20.5. The molecule has 7 rings (SSSR count). The van der Waals surface area contributed by atoms with Crippen LogP contribution in [0.2, 0.25) is 0 Å². The zero-order chi connectivity index (χ0) is 23.9. The molecule has 0 aliphatic heterocycles. The summed E-state index contributed by atoms with van der Waals surface area (Å²) < 4.78 is 8.95. The molecule has 0 unspecified atom stereocenters. The average molecular weight is 463 g/mol. The molecule has 0 atom stereocenters. The Kier molecular flexibility index (Phi) is 4.78. The molecule has 170 valence electrons. The fourth-order valence-electron chi connectivity index (χ4n) is 5.04. The Labute approximate surface area is 208 Å². The maximum absolute atomic E-state index is 6.82. The maximum atomic E-state index is 6.82. The van der Waals surface area contributed by atoms with E-state index in [0.717, 1.165) is 61.6 Å². The normalized spacial score (nSPS) is 11.3. The van der Waals surface area contributed by atoms with Gasteiger partial charge in [0.25, 0.3) is 0 Å². The van der Waals surface area contributed by atoms with Gasteiger partial charge in [-0.25, -0.2) is 4.98 Å². The van der Waals surface area contributed by atoms with Crippen LogP contribution in [0.15, 0.2) is 138 Å². The van der Waals surface area contributed by atoms with Gasteiger partial charge in [-0.2, -0.15) is 0 Å². The van der Waals surface area contributed by atoms with Crippen LogP contribution in [0.3, 0.4) is 0 Å². The van der Waals surface area contributed by atoms with Gasteiger partial charge >= 0.3 is 0 Å². The minimum Gasteiger partial charge on any atom is -0.453 e. The summed E-state index contributed by atoms with van der Waals surface area (Å²) in [6.07, 6.45) is 2.06. The SMILES string of the molecule is c1ccc(-c2ccccc2-c2oc(-c3nc4ccccn4c3-c3ccccc3)c3ccccc23)cc1. The lowest BCUT2D eigenvalue weighted by Gasteiger charge is -2.08. The first-order valence-corrected chi connectivity index (χ1v) is 12.1. The van der Waals surface area contributed by atoms with Crippen LogP contribution < -0.4 is 0 Å². The molecule has 0 aliphatic rings. The number of hydrogen-bond donors (Lipinski definition) is 0. The van der Waals surface area contributed by atoms with Crippen LogP contribution in [0, 0.1) is 0 Å². The first-order chi connectivity index (χ1) is 17.9. The molecule has 7 aromatic rings. The van der Waals surface area contributed by atoms with Crippen LogP contribution in [-0.4, -0.2) is 9.38 Å². The maximum Gasteiger partial charge on any atom is 0.163 e. The minimum absolute atomic E-state index is 0.783. The largest absolute Gasteiger partial charge is 0.453 e. The molecule has 3 heteroatoms. The monoisotopic (exact) mass is 462 g/mol. The summed E-state index contributed by atoms with van der Waals surface area (Å²) in [6.45, 7) is 0. The summed E-state index contributed by atoms with van der Waals surface area (Å²) in [5, 5.41) is 2.13. The van der Waals surface area contributed by atoms with E-state index in [2.05, 4.69) is 108 Å². The van der Waals surface area contributed by atoms with E-state index in [9.17, 15) is 0 Å². The summed E-state index contributed by atoms with van der Waals surface area (Å²) in [5.74, 6) is 1.64. The van der Waals surface area contributed by atoms with Crippen molar-refractivity contribution in [3.05, 3.63) is 134 Å². The third-order valence-corrected chi connectivity index (χ3v) is 6.67. The molecule has 0 N–H and O–H groups in total. The van der Waals surface area contributed by atoms with E-state index in [-0.39, 0.29) is 0 Å². The Bertz CT molecular complexity index is 1830. The highest BCUT2D eigenvalue weighted by atomic mass is 16.3. The Balaban J connectivity index is 1.53. The lowest BCUT2D eigenvalue weighted by atomic mass is 9.96. The fraction of sp³-hybridized carbons (Fsp3) is 0. The number of imidazole rings is 1. The van der Waals surface area contributed by atoms with Gasteiger partial charge in [-0.15, -0.1) is 0 Å². The highest BCUT2D eigenvalue weighted by Gasteiger charge is 2.24. The van der Waals surface area contributed by atoms with E-state index in [1.54, 1.807) is 0 Å². The Morgan fingerprint density at radius 2 is 1.08 bits per heavy atom. The number of benzene rings is 4. The summed E-state index contributed by atoms with van der Waals surface area (Å²) >= 11 is 0. The van der Waals surface area contributed by atoms with Gasteiger partial charge in [0.15, 0.2) is 5.76 Å². The van der Waals surface area contributed by atoms with Crippen molar-refractivity contribution in [1.29, 1.82) is 0 Å². The van der Waals surface area contributed by atoms with Crippen molar-refractivity contribution < 1.29 is 4.42 Å². The fourth-order valence-corrected chi connectivity index (χ4v) is 5.04. The van der Waals surface area contributed by atoms with E-state index in [4.69, 9.17) is 9.40 Å². The Morgan fingerprint density at radius 3 is 1.83 bits per heavy atom. The number of aromatic nitrogens is 2. The van der Waals surface area contributed by atoms with E-state index < -0.39 is 0 Å². The van der Waals surface area contributed by atoms with Crippen molar-refractivity contribution >= 4 is 16.4 Å². The van der Waals surface area contributed by atoms with Gasteiger partial charge in [-0.3, -0.25) is 4.40 Å². The van der Waals surface area contributed by atoms with Crippen molar-refractivity contribution in [2.24, 2.45) is 0 Å². The second kappa shape index (κ2) is 8.40. The summed E-state index contributed by atoms with van der Waals surface area (Å²) in [5.41, 5.74) is 7.21. The van der Waals surface area contributed by atoms with Crippen molar-refractivity contribution in [2.45, 2.75) is 0 Å². The standard InChI is InChI=1S/C33H22N2O/c1-3-13-23(14-4-1)25-17-7-8-18-26(25)32-27-19-9-10-20-28(27)33(36-32)30-31(24-15-5-2-6-16-24)35-22-12-11-21-29(35)34-30/h1-22H. The first-order valence-electron chi connectivity index (χ1n) is 12.1. The molecular weight excluding hydrogens is 440 g/mol. The number of pyridine rings is 1. The second-order valence-electron chi connectivity index (χ2n) is 8.82. The van der Waals surface area contributed by atoms with Gasteiger partial charge in [-0.1, -0.05) is 115 Å². The van der Waals surface area contributed by atoms with E-state index in [0.29, 0.717) is 0 Å². The highest BCUT2D eigenvalue weighted by Crippen LogP contribution is 2.44. The van der Waals surface area contributed by atoms with Gasteiger partial charge in [0.05, 0.1) is 5.69 Å². The van der Waals surface area contributed by atoms with E-state index in [1.807, 2.05) is 30.3 Å². The van der Waals surface area contributed by atoms with Gasteiger partial charge in [0, 0.05) is 28.1 Å². The number of fused-ring (bicyclic) bond motifs is 2. The molecule has 0 saturated heterocycles. The quantitative estimate of drug-likeness (QED) is 0.262. The molecule has 0 spiro atoms. The smallest absolute Gasteiger partial charge is 0.163 e. The predicted molar refractivity (Wildman–Crippen MR) is 147 cm³/mol. The third-order valence-electron chi connectivity index (χ3n) is 6.67. The Hall–Kier alpha value is -4.89. The number of nitrogens with zero attached hydrogens (tertiary/aromatic N) is 2. The third kappa shape index (κ3) is 3.25. The van der Waals surface area contributed by atoms with Crippen LogP contribution in [0.5, 0.6) is 0 Å². The van der Waals surface area contributed by atoms with Gasteiger partial charge in [-0.05, 0) is 23.3 Å². The average Bonchev–Trinajstić information content (AvgIpc) is 3.53. The zero-order valence-corrected chi connectivity index (χ0v) is 19.5. The predicted octanol–water partition coefficient (Wildman–Crippen LogP) is 8.75. The summed E-state index contributed by atoms with van der Waals surface area (Å²) in [4.78, 5) is 5.07. The molecule has 0 aliphatic carbocycles. The lowest BCUT2D eigenvalue weighted by molar-refractivity contribution is 0.600. The number of furan rings is 1. The van der Waals surface area contributed by atoms with Crippen LogP contribution in [0.1, 0.15) is 0 Å². The van der Waals surface area contributed by atoms with Crippen LogP contribution in [0.25, 0.3) is 61.6 Å². The Morgan fingerprint density at radius 1 is 0.500 bits per heavy atom. The molecule has 36 heavy (non-hydrogen) atoms. The van der Waals surface area contributed by atoms with E-state index in [1.165, 1.54) is 0 Å².